The van der Waals surface area contributed by atoms with Gasteiger partial charge in [0.05, 0.1) is 47.2 Å². The topological polar surface area (TPSA) is 190 Å². The van der Waals surface area contributed by atoms with Crippen molar-refractivity contribution >= 4 is 50.5 Å². The van der Waals surface area contributed by atoms with Gasteiger partial charge in [-0.1, -0.05) is 37.3 Å². The molecule has 2 atom stereocenters. The molecule has 0 spiro atoms. The molecule has 2 unspecified atom stereocenters. The number of carboxylic acid groups (broad SMARTS) is 2. The molecule has 4 bridgehead atoms. The average Bonchev–Trinajstić information content (AvgIpc) is 3.84. The van der Waals surface area contributed by atoms with Crippen LogP contribution >= 0.6 is 11.3 Å². The van der Waals surface area contributed by atoms with Gasteiger partial charge in [0.1, 0.15) is 5.82 Å². The Balaban J connectivity index is 0.941. The molecule has 4 saturated carbocycles. The smallest absolute Gasteiger partial charge is 0.404 e. The summed E-state index contributed by atoms with van der Waals surface area (Å²) >= 11 is 1.40. The molecular formula is C40H45N9O6S. The Morgan fingerprint density at radius 1 is 0.929 bits per heavy atom. The zero-order valence-corrected chi connectivity index (χ0v) is 32.5. The number of carbonyl (C=O) groups is 3. The van der Waals surface area contributed by atoms with Crippen LogP contribution < -0.4 is 15.5 Å². The van der Waals surface area contributed by atoms with E-state index in [1.165, 1.54) is 11.3 Å². The molecule has 5 heterocycles. The van der Waals surface area contributed by atoms with Crippen LogP contribution in [-0.2, 0) is 24.4 Å². The number of carboxylic acids is 1. The van der Waals surface area contributed by atoms with E-state index in [-0.39, 0.29) is 40.0 Å². The first-order valence-electron chi connectivity index (χ1n) is 19.1. The Kier molecular flexibility index (Phi) is 8.50. The van der Waals surface area contributed by atoms with Crippen LogP contribution in [0.25, 0.3) is 21.3 Å². The van der Waals surface area contributed by atoms with Crippen molar-refractivity contribution in [2.24, 2.45) is 16.2 Å². The third kappa shape index (κ3) is 6.47. The quantitative estimate of drug-likeness (QED) is 0.108. The van der Waals surface area contributed by atoms with Crippen molar-refractivity contribution in [3.05, 3.63) is 71.7 Å². The number of aromatic carboxylic acids is 1. The van der Waals surface area contributed by atoms with E-state index in [0.29, 0.717) is 60.7 Å². The monoisotopic (exact) mass is 779 g/mol. The number of hydrogen-bond acceptors (Lipinski definition) is 10. The lowest BCUT2D eigenvalue weighted by atomic mass is 9.39. The molecular weight excluding hydrogens is 735 g/mol. The number of anilines is 2. The zero-order valence-electron chi connectivity index (χ0n) is 31.7. The molecule has 1 aliphatic heterocycles. The third-order valence-corrected chi connectivity index (χ3v) is 13.3. The van der Waals surface area contributed by atoms with E-state index < -0.39 is 12.1 Å². The zero-order chi connectivity index (χ0) is 39.0. The molecule has 4 aliphatic carbocycles. The molecule has 0 radical (unpaired) electrons. The highest BCUT2D eigenvalue weighted by molar-refractivity contribution is 7.22. The van der Waals surface area contributed by atoms with E-state index in [9.17, 15) is 19.5 Å². The van der Waals surface area contributed by atoms with Crippen LogP contribution in [0.5, 0.6) is 0 Å². The van der Waals surface area contributed by atoms with Gasteiger partial charge in [0.25, 0.3) is 5.91 Å². The SMILES string of the molecule is Cc1c(-c2ccc(N3CCn4cnc(C(=O)Nc5nc6ccccc6s5)c4C3)nc2C(=O)O)cnn1CC12CC3(C)CC(C)(C1)CC(OCCNC(=O)O)(C3)C2. The summed E-state index contributed by atoms with van der Waals surface area (Å²) in [6.07, 6.45) is 8.42. The predicted molar refractivity (Wildman–Crippen MR) is 209 cm³/mol. The number of imidazole rings is 1. The van der Waals surface area contributed by atoms with Gasteiger partial charge in [-0.3, -0.25) is 14.8 Å². The van der Waals surface area contributed by atoms with Crippen LogP contribution in [0, 0.1) is 23.2 Å². The number of thiazole rings is 1. The summed E-state index contributed by atoms with van der Waals surface area (Å²) in [5, 5.41) is 30.2. The van der Waals surface area contributed by atoms with E-state index in [1.54, 1.807) is 12.5 Å². The minimum Gasteiger partial charge on any atom is -0.476 e. The molecule has 4 fully saturated rings. The Morgan fingerprint density at radius 3 is 2.46 bits per heavy atom. The molecule has 16 heteroatoms. The summed E-state index contributed by atoms with van der Waals surface area (Å²) in [6.45, 7) is 9.45. The van der Waals surface area contributed by atoms with E-state index in [0.717, 1.165) is 60.0 Å². The van der Waals surface area contributed by atoms with Crippen molar-refractivity contribution in [1.29, 1.82) is 0 Å². The van der Waals surface area contributed by atoms with Crippen molar-refractivity contribution in [2.75, 3.05) is 29.9 Å². The van der Waals surface area contributed by atoms with Gasteiger partial charge in [0, 0.05) is 43.0 Å². The highest BCUT2D eigenvalue weighted by Gasteiger charge is 2.66. The van der Waals surface area contributed by atoms with Crippen LogP contribution in [0.4, 0.5) is 15.7 Å². The number of ether oxygens (including phenoxy) is 1. The van der Waals surface area contributed by atoms with Crippen LogP contribution in [0.3, 0.4) is 0 Å². The van der Waals surface area contributed by atoms with Crippen molar-refractivity contribution < 1.29 is 29.3 Å². The third-order valence-electron chi connectivity index (χ3n) is 12.4. The summed E-state index contributed by atoms with van der Waals surface area (Å²) in [7, 11) is 0. The number of carbonyl (C=O) groups excluding carboxylic acids is 1. The molecule has 10 rings (SSSR count). The standard InChI is InChI=1S/C40H45N9O6S/c1-24-26(14-43-49(24)22-39-17-37(2)16-38(3,18-39)20-40(19-37,21-39)55-13-10-41-36(53)54)25-8-9-30(45-31(25)34(51)52)47-11-12-48-23-42-32(28(48)15-47)33(50)46-35-44-27-6-4-5-7-29(27)56-35/h4-9,14,23,41H,10-13,15-22H2,1-3H3,(H,51,52)(H,53,54)(H,44,46,50). The minimum atomic E-state index is -1.13. The molecule has 56 heavy (non-hydrogen) atoms. The van der Waals surface area contributed by atoms with E-state index in [4.69, 9.17) is 19.9 Å². The Bertz CT molecular complexity index is 2350. The number of pyridine rings is 1. The van der Waals surface area contributed by atoms with Crippen LogP contribution in [0.2, 0.25) is 0 Å². The van der Waals surface area contributed by atoms with Gasteiger partial charge >= 0.3 is 12.1 Å². The van der Waals surface area contributed by atoms with Crippen molar-refractivity contribution in [3.8, 4) is 11.1 Å². The number of para-hydroxylation sites is 1. The average molecular weight is 780 g/mol. The molecule has 5 aromatic rings. The molecule has 4 aromatic heterocycles. The van der Waals surface area contributed by atoms with Crippen LogP contribution in [-0.4, -0.2) is 82.8 Å². The maximum Gasteiger partial charge on any atom is 0.404 e. The normalized spacial score (nSPS) is 26.4. The Labute approximate surface area is 327 Å². The van der Waals surface area contributed by atoms with Gasteiger partial charge in [-0.05, 0) is 86.0 Å². The lowest BCUT2D eigenvalue weighted by molar-refractivity contribution is -0.247. The largest absolute Gasteiger partial charge is 0.476 e. The molecule has 2 amide bonds. The van der Waals surface area contributed by atoms with Gasteiger partial charge in [-0.25, -0.2) is 24.5 Å². The lowest BCUT2D eigenvalue weighted by Gasteiger charge is -2.69. The highest BCUT2D eigenvalue weighted by atomic mass is 32.1. The summed E-state index contributed by atoms with van der Waals surface area (Å²) in [5.74, 6) is -0.986. The highest BCUT2D eigenvalue weighted by Crippen LogP contribution is 2.72. The van der Waals surface area contributed by atoms with Crippen molar-refractivity contribution in [3.63, 3.8) is 0 Å². The Hall–Kier alpha value is -5.35. The van der Waals surface area contributed by atoms with E-state index in [1.807, 2.05) is 57.5 Å². The first-order valence-corrected chi connectivity index (χ1v) is 19.9. The van der Waals surface area contributed by atoms with Crippen LogP contribution in [0.15, 0.2) is 48.9 Å². The van der Waals surface area contributed by atoms with Gasteiger partial charge in [-0.2, -0.15) is 5.10 Å². The van der Waals surface area contributed by atoms with Gasteiger partial charge in [0.15, 0.2) is 16.5 Å². The predicted octanol–water partition coefficient (Wildman–Crippen LogP) is 6.43. The van der Waals surface area contributed by atoms with Gasteiger partial charge < -0.3 is 29.7 Å². The number of rotatable bonds is 11. The minimum absolute atomic E-state index is 0.0600. The van der Waals surface area contributed by atoms with E-state index >= 15 is 0 Å². The van der Waals surface area contributed by atoms with Crippen molar-refractivity contribution in [2.45, 2.75) is 84.5 Å². The summed E-state index contributed by atoms with van der Waals surface area (Å²) in [4.78, 5) is 52.9. The number of aromatic nitrogens is 6. The fourth-order valence-electron chi connectivity index (χ4n) is 11.5. The molecule has 1 aromatic carbocycles. The number of hydrogen-bond donors (Lipinski definition) is 4. The van der Waals surface area contributed by atoms with Gasteiger partial charge in [-0.15, -0.1) is 0 Å². The van der Waals surface area contributed by atoms with E-state index in [2.05, 4.69) is 34.4 Å². The molecule has 4 N–H and O–H groups in total. The number of benzene rings is 1. The van der Waals surface area contributed by atoms with Gasteiger partial charge in [0.2, 0.25) is 0 Å². The summed E-state index contributed by atoms with van der Waals surface area (Å²) in [6, 6.07) is 11.4. The second-order valence-corrected chi connectivity index (χ2v) is 18.2. The lowest BCUT2D eigenvalue weighted by Crippen LogP contribution is -2.64. The molecule has 0 saturated heterocycles. The first-order chi connectivity index (χ1) is 26.7. The fourth-order valence-corrected chi connectivity index (χ4v) is 12.4. The number of amides is 2. The number of fused-ring (bicyclic) bond motifs is 2. The number of nitrogens with one attached hydrogen (secondary N) is 2. The van der Waals surface area contributed by atoms with Crippen LogP contribution in [0.1, 0.15) is 84.7 Å². The Morgan fingerprint density at radius 2 is 1.71 bits per heavy atom. The molecule has 5 aliphatic rings. The second-order valence-electron chi connectivity index (χ2n) is 17.2. The summed E-state index contributed by atoms with van der Waals surface area (Å²) < 4.78 is 11.6. The molecule has 15 nitrogen and oxygen atoms in total. The number of nitrogens with zero attached hydrogens (tertiary/aromatic N) is 7. The maximum absolute atomic E-state index is 13.4. The fraction of sp³-hybridized carbons (Fsp3) is 0.475. The van der Waals surface area contributed by atoms with Crippen molar-refractivity contribution in [1.82, 2.24) is 34.6 Å². The molecule has 292 valence electrons. The summed E-state index contributed by atoms with van der Waals surface area (Å²) in [5.41, 5.74) is 3.70. The first kappa shape index (κ1) is 36.3. The maximum atomic E-state index is 13.4. The second kappa shape index (κ2) is 13.1.